The Kier molecular flexibility index (Phi) is 3.70. The van der Waals surface area contributed by atoms with Crippen molar-refractivity contribution < 1.29 is 4.39 Å². The van der Waals surface area contributed by atoms with Gasteiger partial charge in [-0.1, -0.05) is 31.0 Å². The van der Waals surface area contributed by atoms with Gasteiger partial charge in [0.05, 0.1) is 5.02 Å². The van der Waals surface area contributed by atoms with E-state index in [-0.39, 0.29) is 11.1 Å². The van der Waals surface area contributed by atoms with Crippen molar-refractivity contribution >= 4 is 11.6 Å². The lowest BCUT2D eigenvalue weighted by Crippen LogP contribution is -2.09. The van der Waals surface area contributed by atoms with Crippen LogP contribution in [0, 0.1) is 5.82 Å². The van der Waals surface area contributed by atoms with Crippen LogP contribution in [-0.4, -0.2) is 0 Å². The second kappa shape index (κ2) is 4.58. The van der Waals surface area contributed by atoms with Crippen molar-refractivity contribution in [3.8, 4) is 0 Å². The van der Waals surface area contributed by atoms with Crippen molar-refractivity contribution in [3.05, 3.63) is 34.6 Å². The first-order valence-corrected chi connectivity index (χ1v) is 4.73. The topological polar surface area (TPSA) is 26.0 Å². The van der Waals surface area contributed by atoms with Gasteiger partial charge in [0.25, 0.3) is 0 Å². The van der Waals surface area contributed by atoms with E-state index in [9.17, 15) is 4.39 Å². The van der Waals surface area contributed by atoms with E-state index in [1.54, 1.807) is 12.1 Å². The van der Waals surface area contributed by atoms with Crippen LogP contribution in [0.5, 0.6) is 0 Å². The summed E-state index contributed by atoms with van der Waals surface area (Å²) in [5, 5.41) is 0.146. The van der Waals surface area contributed by atoms with Crippen LogP contribution in [0.3, 0.4) is 0 Å². The maximum atomic E-state index is 13.0. The zero-order chi connectivity index (χ0) is 9.84. The highest BCUT2D eigenvalue weighted by Crippen LogP contribution is 2.21. The fourth-order valence-electron chi connectivity index (χ4n) is 1.22. The smallest absolute Gasteiger partial charge is 0.142 e. The minimum absolute atomic E-state index is 0.0863. The van der Waals surface area contributed by atoms with Crippen LogP contribution in [-0.2, 0) is 0 Å². The third-order valence-electron chi connectivity index (χ3n) is 1.97. The molecule has 0 spiro atoms. The summed E-state index contributed by atoms with van der Waals surface area (Å²) in [6.07, 6.45) is 1.85. The predicted molar refractivity (Wildman–Crippen MR) is 53.2 cm³/mol. The van der Waals surface area contributed by atoms with Crippen LogP contribution in [0.15, 0.2) is 18.2 Å². The number of hydrogen-bond acceptors (Lipinski definition) is 1. The van der Waals surface area contributed by atoms with Gasteiger partial charge < -0.3 is 5.73 Å². The standard InChI is InChI=1S/C10H13ClFN/c1-2-3-10(13)7-4-5-8(11)9(12)6-7/h4-6,10H,2-3,13H2,1H3/t10-/m1/s1. The summed E-state index contributed by atoms with van der Waals surface area (Å²) in [5.74, 6) is -0.397. The van der Waals surface area contributed by atoms with E-state index in [0.717, 1.165) is 18.4 Å². The normalized spacial score (nSPS) is 12.9. The summed E-state index contributed by atoms with van der Waals surface area (Å²) in [6, 6.07) is 4.63. The first-order chi connectivity index (χ1) is 6.15. The second-order valence-corrected chi connectivity index (χ2v) is 3.48. The van der Waals surface area contributed by atoms with Gasteiger partial charge in [-0.05, 0) is 24.1 Å². The first-order valence-electron chi connectivity index (χ1n) is 4.35. The highest BCUT2D eigenvalue weighted by atomic mass is 35.5. The molecule has 0 saturated carbocycles. The molecule has 1 aromatic rings. The fraction of sp³-hybridized carbons (Fsp3) is 0.400. The molecule has 2 N–H and O–H groups in total. The molecule has 72 valence electrons. The number of nitrogens with two attached hydrogens (primary N) is 1. The number of rotatable bonds is 3. The molecule has 0 unspecified atom stereocenters. The van der Waals surface area contributed by atoms with E-state index in [2.05, 4.69) is 0 Å². The molecule has 0 fully saturated rings. The molecule has 0 radical (unpaired) electrons. The van der Waals surface area contributed by atoms with Crippen LogP contribution in [0.2, 0.25) is 5.02 Å². The average Bonchev–Trinajstić information content (AvgIpc) is 2.10. The van der Waals surface area contributed by atoms with Gasteiger partial charge in [-0.3, -0.25) is 0 Å². The van der Waals surface area contributed by atoms with Crippen molar-refractivity contribution in [2.45, 2.75) is 25.8 Å². The lowest BCUT2D eigenvalue weighted by atomic mass is 10.0. The van der Waals surface area contributed by atoms with Gasteiger partial charge >= 0.3 is 0 Å². The highest BCUT2D eigenvalue weighted by Gasteiger charge is 2.07. The monoisotopic (exact) mass is 201 g/mol. The van der Waals surface area contributed by atoms with Crippen molar-refractivity contribution in [2.75, 3.05) is 0 Å². The summed E-state index contributed by atoms with van der Waals surface area (Å²) in [5.41, 5.74) is 6.62. The summed E-state index contributed by atoms with van der Waals surface area (Å²) in [4.78, 5) is 0. The lowest BCUT2D eigenvalue weighted by Gasteiger charge is -2.10. The highest BCUT2D eigenvalue weighted by molar-refractivity contribution is 6.30. The SMILES string of the molecule is CCC[C@@H](N)c1ccc(Cl)c(F)c1. The second-order valence-electron chi connectivity index (χ2n) is 3.07. The molecule has 0 bridgehead atoms. The molecular weight excluding hydrogens is 189 g/mol. The van der Waals surface area contributed by atoms with E-state index < -0.39 is 5.82 Å². The van der Waals surface area contributed by atoms with Crippen LogP contribution in [0.4, 0.5) is 4.39 Å². The van der Waals surface area contributed by atoms with Gasteiger partial charge in [0.15, 0.2) is 0 Å². The summed E-state index contributed by atoms with van der Waals surface area (Å²) < 4.78 is 13.0. The molecular formula is C10H13ClFN. The molecule has 1 nitrogen and oxygen atoms in total. The molecule has 0 aliphatic carbocycles. The van der Waals surface area contributed by atoms with E-state index in [1.165, 1.54) is 6.07 Å². The molecule has 0 aromatic heterocycles. The van der Waals surface area contributed by atoms with Crippen LogP contribution in [0.1, 0.15) is 31.4 Å². The summed E-state index contributed by atoms with van der Waals surface area (Å²) in [7, 11) is 0. The summed E-state index contributed by atoms with van der Waals surface area (Å²) >= 11 is 5.55. The largest absolute Gasteiger partial charge is 0.324 e. The van der Waals surface area contributed by atoms with Crippen LogP contribution >= 0.6 is 11.6 Å². The Labute approximate surface area is 82.7 Å². The van der Waals surface area contributed by atoms with Crippen LogP contribution < -0.4 is 5.73 Å². The van der Waals surface area contributed by atoms with Crippen molar-refractivity contribution in [3.63, 3.8) is 0 Å². The molecule has 0 saturated heterocycles. The molecule has 3 heteroatoms. The maximum absolute atomic E-state index is 13.0. The Bertz CT molecular complexity index is 288. The maximum Gasteiger partial charge on any atom is 0.142 e. The van der Waals surface area contributed by atoms with Crippen molar-refractivity contribution in [1.82, 2.24) is 0 Å². The quantitative estimate of drug-likeness (QED) is 0.798. The van der Waals surface area contributed by atoms with Gasteiger partial charge in [-0.15, -0.1) is 0 Å². The summed E-state index contributed by atoms with van der Waals surface area (Å²) in [6.45, 7) is 2.05. The van der Waals surface area contributed by atoms with Gasteiger partial charge in [0.2, 0.25) is 0 Å². The van der Waals surface area contributed by atoms with Crippen molar-refractivity contribution in [2.24, 2.45) is 5.73 Å². The van der Waals surface area contributed by atoms with E-state index in [4.69, 9.17) is 17.3 Å². The third-order valence-corrected chi connectivity index (χ3v) is 2.28. The average molecular weight is 202 g/mol. The minimum Gasteiger partial charge on any atom is -0.324 e. The van der Waals surface area contributed by atoms with Gasteiger partial charge in [0.1, 0.15) is 5.82 Å². The van der Waals surface area contributed by atoms with E-state index >= 15 is 0 Å². The van der Waals surface area contributed by atoms with Crippen LogP contribution in [0.25, 0.3) is 0 Å². The Morgan fingerprint density at radius 2 is 2.23 bits per heavy atom. The molecule has 0 amide bonds. The third kappa shape index (κ3) is 2.68. The Balaban J connectivity index is 2.84. The predicted octanol–water partition coefficient (Wildman–Crippen LogP) is 3.28. The van der Waals surface area contributed by atoms with Crippen molar-refractivity contribution in [1.29, 1.82) is 0 Å². The lowest BCUT2D eigenvalue weighted by molar-refractivity contribution is 0.605. The molecule has 1 atom stereocenters. The Hall–Kier alpha value is -0.600. The van der Waals surface area contributed by atoms with E-state index in [0.29, 0.717) is 0 Å². The molecule has 0 aliphatic rings. The molecule has 13 heavy (non-hydrogen) atoms. The van der Waals surface area contributed by atoms with Gasteiger partial charge in [-0.25, -0.2) is 4.39 Å². The van der Waals surface area contributed by atoms with E-state index in [1.807, 2.05) is 6.92 Å². The number of hydrogen-bond donors (Lipinski definition) is 1. The van der Waals surface area contributed by atoms with Gasteiger partial charge in [0, 0.05) is 6.04 Å². The number of benzene rings is 1. The Morgan fingerprint density at radius 3 is 2.77 bits per heavy atom. The number of halogens is 2. The van der Waals surface area contributed by atoms with Gasteiger partial charge in [-0.2, -0.15) is 0 Å². The minimum atomic E-state index is -0.397. The molecule has 1 rings (SSSR count). The fourth-order valence-corrected chi connectivity index (χ4v) is 1.34. The molecule has 0 heterocycles. The Morgan fingerprint density at radius 1 is 1.54 bits per heavy atom. The first kappa shape index (κ1) is 10.5. The zero-order valence-corrected chi connectivity index (χ0v) is 8.31. The zero-order valence-electron chi connectivity index (χ0n) is 7.56. The molecule has 0 aliphatic heterocycles. The molecule has 1 aromatic carbocycles.